The van der Waals surface area contributed by atoms with Crippen molar-refractivity contribution in [3.63, 3.8) is 0 Å². The van der Waals surface area contributed by atoms with Crippen molar-refractivity contribution < 1.29 is 4.74 Å². The van der Waals surface area contributed by atoms with Crippen molar-refractivity contribution >= 4 is 11.6 Å². The van der Waals surface area contributed by atoms with Crippen LogP contribution in [0.15, 0.2) is 30.6 Å². The van der Waals surface area contributed by atoms with Crippen molar-refractivity contribution in [3.8, 4) is 5.75 Å². The Bertz CT molecular complexity index is 586. The second-order valence-electron chi connectivity index (χ2n) is 4.61. The Kier molecular flexibility index (Phi) is 5.37. The molecule has 0 saturated carbocycles. The quantitative estimate of drug-likeness (QED) is 0.819. The first kappa shape index (κ1) is 15.1. The van der Waals surface area contributed by atoms with E-state index < -0.39 is 0 Å². The monoisotopic (exact) mass is 286 g/mol. The molecule has 112 valence electrons. The standard InChI is InChI=1S/C16H22N4O/c1-4-12-8-6-7-9-13(12)10-18-16-14(21-3)15(17-5-2)19-11-20-16/h6-9,11H,4-5,10H2,1-3H3,(H2,17,18,19,20). The van der Waals surface area contributed by atoms with E-state index in [1.54, 1.807) is 7.11 Å². The zero-order chi connectivity index (χ0) is 15.1. The molecule has 5 nitrogen and oxygen atoms in total. The molecule has 1 heterocycles. The molecule has 0 saturated heterocycles. The average molecular weight is 286 g/mol. The molecule has 0 unspecified atom stereocenters. The third kappa shape index (κ3) is 3.62. The number of aryl methyl sites for hydroxylation is 1. The van der Waals surface area contributed by atoms with E-state index in [1.165, 1.54) is 17.5 Å². The predicted molar refractivity (Wildman–Crippen MR) is 85.9 cm³/mol. The molecule has 0 radical (unpaired) electrons. The molecule has 0 amide bonds. The summed E-state index contributed by atoms with van der Waals surface area (Å²) in [5.74, 6) is 2.06. The van der Waals surface area contributed by atoms with Gasteiger partial charge < -0.3 is 15.4 Å². The lowest BCUT2D eigenvalue weighted by Crippen LogP contribution is -2.09. The van der Waals surface area contributed by atoms with Crippen LogP contribution in [0.2, 0.25) is 0 Å². The van der Waals surface area contributed by atoms with Crippen LogP contribution in [0, 0.1) is 0 Å². The molecule has 0 aliphatic heterocycles. The highest BCUT2D eigenvalue weighted by atomic mass is 16.5. The Labute approximate surface area is 125 Å². The van der Waals surface area contributed by atoms with Gasteiger partial charge in [-0.3, -0.25) is 0 Å². The third-order valence-corrected chi connectivity index (χ3v) is 3.30. The van der Waals surface area contributed by atoms with Gasteiger partial charge in [0, 0.05) is 13.1 Å². The van der Waals surface area contributed by atoms with Crippen LogP contribution in [0.25, 0.3) is 0 Å². The Morgan fingerprint density at radius 2 is 1.67 bits per heavy atom. The van der Waals surface area contributed by atoms with E-state index in [0.717, 1.165) is 13.0 Å². The van der Waals surface area contributed by atoms with E-state index >= 15 is 0 Å². The molecular formula is C16H22N4O. The minimum Gasteiger partial charge on any atom is -0.490 e. The molecule has 1 aromatic carbocycles. The molecule has 2 rings (SSSR count). The smallest absolute Gasteiger partial charge is 0.204 e. The largest absolute Gasteiger partial charge is 0.490 e. The molecule has 0 spiro atoms. The lowest BCUT2D eigenvalue weighted by molar-refractivity contribution is 0.414. The number of methoxy groups -OCH3 is 1. The van der Waals surface area contributed by atoms with Crippen LogP contribution < -0.4 is 15.4 Å². The van der Waals surface area contributed by atoms with Gasteiger partial charge in [-0.25, -0.2) is 9.97 Å². The number of hydrogen-bond acceptors (Lipinski definition) is 5. The molecular weight excluding hydrogens is 264 g/mol. The number of aromatic nitrogens is 2. The van der Waals surface area contributed by atoms with Gasteiger partial charge in [-0.15, -0.1) is 0 Å². The van der Waals surface area contributed by atoms with Crippen LogP contribution >= 0.6 is 0 Å². The molecule has 21 heavy (non-hydrogen) atoms. The fraction of sp³-hybridized carbons (Fsp3) is 0.375. The summed E-state index contributed by atoms with van der Waals surface area (Å²) in [6.07, 6.45) is 2.55. The van der Waals surface area contributed by atoms with E-state index in [4.69, 9.17) is 4.74 Å². The topological polar surface area (TPSA) is 59.1 Å². The summed E-state index contributed by atoms with van der Waals surface area (Å²) in [6.45, 7) is 5.67. The maximum Gasteiger partial charge on any atom is 0.204 e. The lowest BCUT2D eigenvalue weighted by atomic mass is 10.1. The number of nitrogens with one attached hydrogen (secondary N) is 2. The van der Waals surface area contributed by atoms with Crippen molar-refractivity contribution in [2.75, 3.05) is 24.3 Å². The fourth-order valence-corrected chi connectivity index (χ4v) is 2.24. The van der Waals surface area contributed by atoms with Crippen LogP contribution in [0.4, 0.5) is 11.6 Å². The van der Waals surface area contributed by atoms with Crippen LogP contribution in [0.3, 0.4) is 0 Å². The van der Waals surface area contributed by atoms with Gasteiger partial charge in [-0.05, 0) is 24.5 Å². The molecule has 0 atom stereocenters. The number of rotatable bonds is 7. The first-order valence-corrected chi connectivity index (χ1v) is 7.23. The van der Waals surface area contributed by atoms with Gasteiger partial charge in [0.05, 0.1) is 7.11 Å². The van der Waals surface area contributed by atoms with Gasteiger partial charge in [-0.1, -0.05) is 31.2 Å². The third-order valence-electron chi connectivity index (χ3n) is 3.30. The Morgan fingerprint density at radius 1 is 1.00 bits per heavy atom. The van der Waals surface area contributed by atoms with Gasteiger partial charge >= 0.3 is 0 Å². The van der Waals surface area contributed by atoms with Gasteiger partial charge in [0.2, 0.25) is 5.75 Å². The van der Waals surface area contributed by atoms with Gasteiger partial charge in [0.25, 0.3) is 0 Å². The summed E-state index contributed by atoms with van der Waals surface area (Å²) >= 11 is 0. The van der Waals surface area contributed by atoms with E-state index in [1.807, 2.05) is 6.92 Å². The highest BCUT2D eigenvalue weighted by Gasteiger charge is 2.11. The molecule has 0 bridgehead atoms. The van der Waals surface area contributed by atoms with Gasteiger partial charge in [0.1, 0.15) is 6.33 Å². The number of anilines is 2. The molecule has 2 N–H and O–H groups in total. The first-order valence-electron chi connectivity index (χ1n) is 7.23. The Balaban J connectivity index is 2.18. The van der Waals surface area contributed by atoms with Crippen molar-refractivity contribution in [3.05, 3.63) is 41.7 Å². The van der Waals surface area contributed by atoms with Crippen molar-refractivity contribution in [2.45, 2.75) is 26.8 Å². The van der Waals surface area contributed by atoms with Crippen LogP contribution in [-0.4, -0.2) is 23.6 Å². The summed E-state index contributed by atoms with van der Waals surface area (Å²) in [6, 6.07) is 8.40. The van der Waals surface area contributed by atoms with Gasteiger partial charge in [-0.2, -0.15) is 0 Å². The minimum absolute atomic E-state index is 0.647. The van der Waals surface area contributed by atoms with Crippen LogP contribution in [0.5, 0.6) is 5.75 Å². The van der Waals surface area contributed by atoms with Crippen molar-refractivity contribution in [1.29, 1.82) is 0 Å². The second kappa shape index (κ2) is 7.47. The number of ether oxygens (including phenoxy) is 1. The normalized spacial score (nSPS) is 10.2. The zero-order valence-electron chi connectivity index (χ0n) is 12.8. The summed E-state index contributed by atoms with van der Waals surface area (Å²) in [5.41, 5.74) is 2.61. The maximum absolute atomic E-state index is 5.42. The summed E-state index contributed by atoms with van der Waals surface area (Å²) in [5, 5.41) is 6.51. The Morgan fingerprint density at radius 3 is 2.29 bits per heavy atom. The first-order chi connectivity index (χ1) is 10.3. The highest BCUT2D eigenvalue weighted by Crippen LogP contribution is 2.29. The number of nitrogens with zero attached hydrogens (tertiary/aromatic N) is 2. The molecule has 0 aliphatic rings. The molecule has 2 aromatic rings. The van der Waals surface area contributed by atoms with Crippen molar-refractivity contribution in [2.24, 2.45) is 0 Å². The number of benzene rings is 1. The number of hydrogen-bond donors (Lipinski definition) is 2. The Hall–Kier alpha value is -2.30. The van der Waals surface area contributed by atoms with Crippen molar-refractivity contribution in [1.82, 2.24) is 9.97 Å². The highest BCUT2D eigenvalue weighted by molar-refractivity contribution is 5.63. The van der Waals surface area contributed by atoms with Gasteiger partial charge in [0.15, 0.2) is 11.6 Å². The maximum atomic E-state index is 5.42. The lowest BCUT2D eigenvalue weighted by Gasteiger charge is -2.14. The average Bonchev–Trinajstić information content (AvgIpc) is 2.53. The molecule has 5 heteroatoms. The SMILES string of the molecule is CCNc1ncnc(NCc2ccccc2CC)c1OC. The van der Waals surface area contributed by atoms with E-state index in [9.17, 15) is 0 Å². The predicted octanol–water partition coefficient (Wildman–Crippen LogP) is 3.09. The molecule has 1 aromatic heterocycles. The van der Waals surface area contributed by atoms with E-state index in [2.05, 4.69) is 51.8 Å². The molecule has 0 aliphatic carbocycles. The van der Waals surface area contributed by atoms with E-state index in [0.29, 0.717) is 23.9 Å². The summed E-state index contributed by atoms with van der Waals surface area (Å²) in [7, 11) is 1.63. The van der Waals surface area contributed by atoms with E-state index in [-0.39, 0.29) is 0 Å². The summed E-state index contributed by atoms with van der Waals surface area (Å²) < 4.78 is 5.42. The van der Waals surface area contributed by atoms with Crippen LogP contribution in [0.1, 0.15) is 25.0 Å². The molecule has 0 fully saturated rings. The zero-order valence-corrected chi connectivity index (χ0v) is 12.8. The van der Waals surface area contributed by atoms with Crippen LogP contribution in [-0.2, 0) is 13.0 Å². The second-order valence-corrected chi connectivity index (χ2v) is 4.61. The summed E-state index contributed by atoms with van der Waals surface area (Å²) in [4.78, 5) is 8.48. The minimum atomic E-state index is 0.647. The fourth-order valence-electron chi connectivity index (χ4n) is 2.24.